The van der Waals surface area contributed by atoms with Gasteiger partial charge in [0.1, 0.15) is 0 Å². The first kappa shape index (κ1) is 11.5. The molecule has 1 fully saturated rings. The Labute approximate surface area is 87.7 Å². The average molecular weight is 197 g/mol. The quantitative estimate of drug-likeness (QED) is 0.634. The molecule has 0 unspecified atom stereocenters. The van der Waals surface area contributed by atoms with Gasteiger partial charge in [-0.05, 0) is 19.3 Å². The minimum absolute atomic E-state index is 0.389. The van der Waals surface area contributed by atoms with Crippen LogP contribution in [0.3, 0.4) is 0 Å². The normalized spacial score (nSPS) is 17.9. The van der Waals surface area contributed by atoms with Crippen molar-refractivity contribution in [3.63, 3.8) is 0 Å². The molecule has 0 aromatic rings. The third-order valence-corrected chi connectivity index (χ3v) is 2.95. The van der Waals surface area contributed by atoms with E-state index in [1.165, 1.54) is 38.5 Å². The Balaban J connectivity index is 2.20. The lowest BCUT2D eigenvalue weighted by atomic mass is 10.2. The standard InChI is InChI=1S/C12H23NO/c1-2-3-6-9-12(14)13-10-7-4-5-8-11-13/h2-11H2,1H3. The molecule has 0 aromatic carbocycles. The number of carbonyl (C=O) groups excluding carboxylic acids is 1. The number of rotatable bonds is 4. The summed E-state index contributed by atoms with van der Waals surface area (Å²) in [6, 6.07) is 0. The largest absolute Gasteiger partial charge is 0.343 e. The highest BCUT2D eigenvalue weighted by Crippen LogP contribution is 2.11. The fourth-order valence-corrected chi connectivity index (χ4v) is 2.00. The predicted octanol–water partition coefficient (Wildman–Crippen LogP) is 2.97. The summed E-state index contributed by atoms with van der Waals surface area (Å²) < 4.78 is 0. The van der Waals surface area contributed by atoms with Crippen molar-refractivity contribution < 1.29 is 4.79 Å². The van der Waals surface area contributed by atoms with Crippen molar-refractivity contribution in [3.05, 3.63) is 0 Å². The highest BCUT2D eigenvalue weighted by atomic mass is 16.2. The third-order valence-electron chi connectivity index (χ3n) is 2.95. The van der Waals surface area contributed by atoms with Crippen molar-refractivity contribution in [1.82, 2.24) is 4.90 Å². The Hall–Kier alpha value is -0.530. The second kappa shape index (κ2) is 6.86. The average Bonchev–Trinajstić information content (AvgIpc) is 2.46. The summed E-state index contributed by atoms with van der Waals surface area (Å²) in [5, 5.41) is 0. The molecule has 1 rings (SSSR count). The molecule has 0 radical (unpaired) electrons. The van der Waals surface area contributed by atoms with Crippen molar-refractivity contribution in [2.75, 3.05) is 13.1 Å². The lowest BCUT2D eigenvalue weighted by molar-refractivity contribution is -0.131. The lowest BCUT2D eigenvalue weighted by Gasteiger charge is -2.20. The van der Waals surface area contributed by atoms with Gasteiger partial charge in [-0.1, -0.05) is 32.6 Å². The molecule has 14 heavy (non-hydrogen) atoms. The summed E-state index contributed by atoms with van der Waals surface area (Å²) in [4.78, 5) is 13.8. The van der Waals surface area contributed by atoms with E-state index in [4.69, 9.17) is 0 Å². The van der Waals surface area contributed by atoms with Crippen molar-refractivity contribution >= 4 is 5.91 Å². The molecule has 82 valence electrons. The molecule has 2 heteroatoms. The topological polar surface area (TPSA) is 20.3 Å². The van der Waals surface area contributed by atoms with Gasteiger partial charge in [0, 0.05) is 19.5 Å². The van der Waals surface area contributed by atoms with E-state index in [0.29, 0.717) is 5.91 Å². The highest BCUT2D eigenvalue weighted by molar-refractivity contribution is 5.76. The Kier molecular flexibility index (Phi) is 5.65. The maximum atomic E-state index is 11.8. The van der Waals surface area contributed by atoms with Gasteiger partial charge in [0.15, 0.2) is 0 Å². The molecule has 0 saturated carbocycles. The fourth-order valence-electron chi connectivity index (χ4n) is 2.00. The Morgan fingerprint density at radius 1 is 1.07 bits per heavy atom. The van der Waals surface area contributed by atoms with Crippen molar-refractivity contribution in [3.8, 4) is 0 Å². The summed E-state index contributed by atoms with van der Waals surface area (Å²) in [5.41, 5.74) is 0. The maximum absolute atomic E-state index is 11.8. The highest BCUT2D eigenvalue weighted by Gasteiger charge is 2.14. The van der Waals surface area contributed by atoms with Crippen LogP contribution in [0.15, 0.2) is 0 Å². The summed E-state index contributed by atoms with van der Waals surface area (Å²) in [6.07, 6.45) is 9.27. The van der Waals surface area contributed by atoms with Crippen LogP contribution in [0.4, 0.5) is 0 Å². The van der Waals surface area contributed by atoms with Crippen LogP contribution in [-0.2, 0) is 4.79 Å². The van der Waals surface area contributed by atoms with Gasteiger partial charge < -0.3 is 4.90 Å². The first-order valence-corrected chi connectivity index (χ1v) is 6.12. The summed E-state index contributed by atoms with van der Waals surface area (Å²) in [6.45, 7) is 4.19. The number of nitrogens with zero attached hydrogens (tertiary/aromatic N) is 1. The zero-order chi connectivity index (χ0) is 10.2. The number of carbonyl (C=O) groups is 1. The van der Waals surface area contributed by atoms with Crippen LogP contribution in [0.2, 0.25) is 0 Å². The van der Waals surface area contributed by atoms with Crippen LogP contribution in [-0.4, -0.2) is 23.9 Å². The summed E-state index contributed by atoms with van der Waals surface area (Å²) in [7, 11) is 0. The molecule has 1 saturated heterocycles. The molecule has 1 aliphatic rings. The van der Waals surface area contributed by atoms with Crippen molar-refractivity contribution in [1.29, 1.82) is 0 Å². The molecule has 0 spiro atoms. The van der Waals surface area contributed by atoms with E-state index in [1.807, 2.05) is 0 Å². The van der Waals surface area contributed by atoms with Crippen LogP contribution in [0.25, 0.3) is 0 Å². The number of unbranched alkanes of at least 4 members (excludes halogenated alkanes) is 2. The molecule has 1 heterocycles. The van der Waals surface area contributed by atoms with E-state index < -0.39 is 0 Å². The van der Waals surface area contributed by atoms with Crippen molar-refractivity contribution in [2.45, 2.75) is 58.3 Å². The molecule has 1 aliphatic heterocycles. The van der Waals surface area contributed by atoms with Gasteiger partial charge in [-0.2, -0.15) is 0 Å². The van der Waals surface area contributed by atoms with Crippen molar-refractivity contribution in [2.24, 2.45) is 0 Å². The summed E-state index contributed by atoms with van der Waals surface area (Å²) in [5.74, 6) is 0.389. The second-order valence-electron chi connectivity index (χ2n) is 4.25. The molecule has 1 amide bonds. The van der Waals surface area contributed by atoms with Gasteiger partial charge in [-0.3, -0.25) is 4.79 Å². The Morgan fingerprint density at radius 2 is 1.71 bits per heavy atom. The van der Waals surface area contributed by atoms with E-state index in [2.05, 4.69) is 11.8 Å². The fraction of sp³-hybridized carbons (Fsp3) is 0.917. The molecule has 0 atom stereocenters. The van der Waals surface area contributed by atoms with Gasteiger partial charge >= 0.3 is 0 Å². The molecular weight excluding hydrogens is 174 g/mol. The summed E-state index contributed by atoms with van der Waals surface area (Å²) >= 11 is 0. The minimum atomic E-state index is 0.389. The molecule has 0 bridgehead atoms. The van der Waals surface area contributed by atoms with E-state index >= 15 is 0 Å². The monoisotopic (exact) mass is 197 g/mol. The third kappa shape index (κ3) is 4.12. The van der Waals surface area contributed by atoms with Crippen LogP contribution in [0.5, 0.6) is 0 Å². The van der Waals surface area contributed by atoms with Crippen LogP contribution >= 0.6 is 0 Å². The first-order chi connectivity index (χ1) is 6.84. The Morgan fingerprint density at radius 3 is 2.29 bits per heavy atom. The van der Waals surface area contributed by atoms with Gasteiger partial charge in [0.25, 0.3) is 0 Å². The number of hydrogen-bond acceptors (Lipinski definition) is 1. The number of amides is 1. The second-order valence-corrected chi connectivity index (χ2v) is 4.25. The first-order valence-electron chi connectivity index (χ1n) is 6.12. The molecule has 0 aliphatic carbocycles. The maximum Gasteiger partial charge on any atom is 0.222 e. The molecular formula is C12H23NO. The SMILES string of the molecule is CCCCCC(=O)N1CCCCCC1. The van der Waals surface area contributed by atoms with Gasteiger partial charge in [0.2, 0.25) is 5.91 Å². The van der Waals surface area contributed by atoms with E-state index in [-0.39, 0.29) is 0 Å². The minimum Gasteiger partial charge on any atom is -0.343 e. The lowest BCUT2D eigenvalue weighted by Crippen LogP contribution is -2.31. The number of likely N-dealkylation sites (tertiary alicyclic amines) is 1. The Bertz CT molecular complexity index is 160. The zero-order valence-electron chi connectivity index (χ0n) is 9.43. The molecule has 2 nitrogen and oxygen atoms in total. The zero-order valence-corrected chi connectivity index (χ0v) is 9.43. The van der Waals surface area contributed by atoms with Crippen LogP contribution in [0.1, 0.15) is 58.3 Å². The number of hydrogen-bond donors (Lipinski definition) is 0. The van der Waals surface area contributed by atoms with Crippen LogP contribution < -0.4 is 0 Å². The van der Waals surface area contributed by atoms with E-state index in [0.717, 1.165) is 25.9 Å². The van der Waals surface area contributed by atoms with E-state index in [1.54, 1.807) is 0 Å². The molecule has 0 N–H and O–H groups in total. The molecule has 0 aromatic heterocycles. The van der Waals surface area contributed by atoms with Gasteiger partial charge in [0.05, 0.1) is 0 Å². The van der Waals surface area contributed by atoms with Gasteiger partial charge in [-0.15, -0.1) is 0 Å². The smallest absolute Gasteiger partial charge is 0.222 e. The van der Waals surface area contributed by atoms with Gasteiger partial charge in [-0.25, -0.2) is 0 Å². The van der Waals surface area contributed by atoms with Crippen LogP contribution in [0, 0.1) is 0 Å². The van der Waals surface area contributed by atoms with E-state index in [9.17, 15) is 4.79 Å². The predicted molar refractivity (Wildman–Crippen MR) is 59.2 cm³/mol.